The highest BCUT2D eigenvalue weighted by Gasteiger charge is 2.30. The zero-order chi connectivity index (χ0) is 20.1. The molecule has 0 aliphatic heterocycles. The molecule has 1 atom stereocenters. The van der Waals surface area contributed by atoms with Gasteiger partial charge in [0.2, 0.25) is 5.96 Å². The van der Waals surface area contributed by atoms with Gasteiger partial charge in [-0.1, -0.05) is 55.1 Å². The van der Waals surface area contributed by atoms with E-state index < -0.39 is 0 Å². The van der Waals surface area contributed by atoms with E-state index in [1.165, 1.54) is 25.0 Å². The average Bonchev–Trinajstić information content (AvgIpc) is 3.48. The van der Waals surface area contributed by atoms with Crippen molar-refractivity contribution in [1.29, 1.82) is 0 Å². The van der Waals surface area contributed by atoms with Crippen LogP contribution in [0.4, 0.5) is 10.1 Å². The number of nitrogens with zero attached hydrogens (tertiary/aromatic N) is 2. The molecule has 0 spiro atoms. The lowest BCUT2D eigenvalue weighted by atomic mass is 9.99. The van der Waals surface area contributed by atoms with Crippen molar-refractivity contribution in [3.8, 4) is 0 Å². The Hall–Kier alpha value is -1.98. The van der Waals surface area contributed by atoms with Crippen LogP contribution < -0.4 is 11.2 Å². The fourth-order valence-corrected chi connectivity index (χ4v) is 3.68. The van der Waals surface area contributed by atoms with Crippen molar-refractivity contribution in [3.05, 3.63) is 63.9 Å². The van der Waals surface area contributed by atoms with Crippen LogP contribution in [-0.2, 0) is 0 Å². The van der Waals surface area contributed by atoms with E-state index in [0.29, 0.717) is 27.6 Å². The van der Waals surface area contributed by atoms with Gasteiger partial charge in [-0.3, -0.25) is 5.43 Å². The number of guanidine groups is 1. The zero-order valence-corrected chi connectivity index (χ0v) is 17.3. The van der Waals surface area contributed by atoms with E-state index in [-0.39, 0.29) is 11.9 Å². The lowest BCUT2D eigenvalue weighted by Gasteiger charge is -2.33. The third-order valence-electron chi connectivity index (χ3n) is 4.87. The summed E-state index contributed by atoms with van der Waals surface area (Å²) >= 11 is 12.1. The summed E-state index contributed by atoms with van der Waals surface area (Å²) in [5.74, 6) is 0.820. The van der Waals surface area contributed by atoms with Crippen LogP contribution >= 0.6 is 23.2 Å². The second kappa shape index (κ2) is 9.48. The highest BCUT2D eigenvalue weighted by atomic mass is 35.5. The third-order valence-corrected chi connectivity index (χ3v) is 5.41. The Morgan fingerprint density at radius 1 is 1.25 bits per heavy atom. The van der Waals surface area contributed by atoms with Crippen molar-refractivity contribution >= 4 is 34.8 Å². The van der Waals surface area contributed by atoms with E-state index in [9.17, 15) is 4.39 Å². The van der Waals surface area contributed by atoms with Crippen LogP contribution in [0.2, 0.25) is 10.0 Å². The number of hydrogen-bond acceptors (Lipinski definition) is 2. The molecule has 0 radical (unpaired) electrons. The maximum Gasteiger partial charge on any atom is 0.214 e. The molecule has 28 heavy (non-hydrogen) atoms. The Morgan fingerprint density at radius 3 is 2.57 bits per heavy atom. The van der Waals surface area contributed by atoms with Crippen molar-refractivity contribution in [1.82, 2.24) is 4.90 Å². The van der Waals surface area contributed by atoms with E-state index in [0.717, 1.165) is 24.9 Å². The van der Waals surface area contributed by atoms with Gasteiger partial charge in [-0.15, -0.1) is 5.10 Å². The minimum atomic E-state index is -0.239. The van der Waals surface area contributed by atoms with Gasteiger partial charge >= 0.3 is 0 Å². The Labute approximate surface area is 175 Å². The van der Waals surface area contributed by atoms with Crippen LogP contribution in [0.1, 0.15) is 44.2 Å². The number of nitrogens with two attached hydrogens (primary N) is 1. The van der Waals surface area contributed by atoms with Crippen molar-refractivity contribution < 1.29 is 4.39 Å². The second-order valence-corrected chi connectivity index (χ2v) is 7.99. The number of nitrogens with one attached hydrogen (secondary N) is 1. The Bertz CT molecular complexity index is 822. The van der Waals surface area contributed by atoms with Gasteiger partial charge in [-0.05, 0) is 54.7 Å². The molecular weight excluding hydrogens is 398 g/mol. The van der Waals surface area contributed by atoms with Crippen molar-refractivity contribution in [3.63, 3.8) is 0 Å². The Morgan fingerprint density at radius 2 is 1.96 bits per heavy atom. The number of halogens is 3. The minimum absolute atomic E-state index is 0.0549. The number of hydrogen-bond donors (Lipinski definition) is 2. The molecule has 1 saturated carbocycles. The highest BCUT2D eigenvalue weighted by molar-refractivity contribution is 6.36. The molecular formula is C21H25Cl2FN4. The maximum atomic E-state index is 13.4. The van der Waals surface area contributed by atoms with Crippen LogP contribution in [0.5, 0.6) is 0 Å². The smallest absolute Gasteiger partial charge is 0.214 e. The molecule has 3 rings (SSSR count). The van der Waals surface area contributed by atoms with E-state index in [1.54, 1.807) is 18.2 Å². The van der Waals surface area contributed by atoms with Crippen molar-refractivity contribution in [2.24, 2.45) is 16.8 Å². The van der Waals surface area contributed by atoms with Crippen LogP contribution in [0.15, 0.2) is 47.6 Å². The first-order valence-corrected chi connectivity index (χ1v) is 10.3. The van der Waals surface area contributed by atoms with E-state index in [1.807, 2.05) is 12.1 Å². The van der Waals surface area contributed by atoms with Gasteiger partial charge in [0.05, 0.1) is 16.8 Å². The van der Waals surface area contributed by atoms with Crippen molar-refractivity contribution in [2.45, 2.75) is 38.6 Å². The first-order chi connectivity index (χ1) is 13.5. The molecule has 3 N–H and O–H groups in total. The number of hydrazone groups is 1. The average molecular weight is 423 g/mol. The normalized spacial score (nSPS) is 15.4. The number of benzene rings is 2. The quantitative estimate of drug-likeness (QED) is 0.310. The highest BCUT2D eigenvalue weighted by Crippen LogP contribution is 2.40. The molecule has 7 heteroatoms. The SMILES string of the molecule is CCCN(/C(N)=N/Nc1ccc(Cl)cc1Cl)C(CC1CC1)c1ccc(F)cc1. The molecule has 0 aromatic heterocycles. The van der Waals surface area contributed by atoms with Crippen molar-refractivity contribution in [2.75, 3.05) is 12.0 Å². The molecule has 1 aliphatic rings. The topological polar surface area (TPSA) is 53.6 Å². The second-order valence-electron chi connectivity index (χ2n) is 7.15. The standard InChI is InChI=1S/C21H25Cl2FN4/c1-2-11-28(21(25)27-26-19-10-7-16(22)13-18(19)23)20(12-14-3-4-14)15-5-8-17(24)9-6-15/h5-10,13-14,20,26H,2-4,11-12H2,1H3,(H2,25,27). The first kappa shape index (κ1) is 20.7. The van der Waals surface area contributed by atoms with Crippen LogP contribution in [-0.4, -0.2) is 17.4 Å². The van der Waals surface area contributed by atoms with Crippen LogP contribution in [0.3, 0.4) is 0 Å². The molecule has 2 aromatic carbocycles. The Kier molecular flexibility index (Phi) is 7.03. The molecule has 1 unspecified atom stereocenters. The largest absolute Gasteiger partial charge is 0.368 e. The molecule has 0 heterocycles. The fourth-order valence-electron chi connectivity index (χ4n) is 3.23. The predicted octanol–water partition coefficient (Wildman–Crippen LogP) is 6.03. The Balaban J connectivity index is 1.83. The maximum absolute atomic E-state index is 13.4. The van der Waals surface area contributed by atoms with Gasteiger partial charge in [-0.25, -0.2) is 4.39 Å². The summed E-state index contributed by atoms with van der Waals surface area (Å²) in [7, 11) is 0. The van der Waals surface area contributed by atoms with E-state index in [4.69, 9.17) is 28.9 Å². The van der Waals surface area contributed by atoms with Gasteiger partial charge in [-0.2, -0.15) is 0 Å². The summed E-state index contributed by atoms with van der Waals surface area (Å²) in [6, 6.07) is 11.9. The summed E-state index contributed by atoms with van der Waals surface area (Å²) in [6.07, 6.45) is 4.35. The summed E-state index contributed by atoms with van der Waals surface area (Å²) in [5.41, 5.74) is 11.0. The first-order valence-electron chi connectivity index (χ1n) is 9.54. The lowest BCUT2D eigenvalue weighted by Crippen LogP contribution is -2.41. The molecule has 2 aromatic rings. The molecule has 1 aliphatic carbocycles. The lowest BCUT2D eigenvalue weighted by molar-refractivity contribution is 0.286. The van der Waals surface area contributed by atoms with E-state index in [2.05, 4.69) is 22.4 Å². The van der Waals surface area contributed by atoms with E-state index >= 15 is 0 Å². The summed E-state index contributed by atoms with van der Waals surface area (Å²) < 4.78 is 13.4. The molecule has 1 fully saturated rings. The van der Waals surface area contributed by atoms with Crippen LogP contribution in [0.25, 0.3) is 0 Å². The molecule has 150 valence electrons. The summed E-state index contributed by atoms with van der Waals surface area (Å²) in [6.45, 7) is 2.85. The molecule has 4 nitrogen and oxygen atoms in total. The molecule has 0 bridgehead atoms. The summed E-state index contributed by atoms with van der Waals surface area (Å²) in [5, 5.41) is 5.39. The van der Waals surface area contributed by atoms with Crippen LogP contribution in [0, 0.1) is 11.7 Å². The van der Waals surface area contributed by atoms with Gasteiger partial charge < -0.3 is 10.6 Å². The molecule has 0 saturated heterocycles. The molecule has 0 amide bonds. The van der Waals surface area contributed by atoms with Gasteiger partial charge in [0, 0.05) is 11.6 Å². The number of rotatable bonds is 8. The number of anilines is 1. The fraction of sp³-hybridized carbons (Fsp3) is 0.381. The van der Waals surface area contributed by atoms with Gasteiger partial charge in [0.25, 0.3) is 0 Å². The third kappa shape index (κ3) is 5.52. The minimum Gasteiger partial charge on any atom is -0.368 e. The van der Waals surface area contributed by atoms with Gasteiger partial charge in [0.1, 0.15) is 5.82 Å². The predicted molar refractivity (Wildman–Crippen MR) is 115 cm³/mol. The summed E-state index contributed by atoms with van der Waals surface area (Å²) in [4.78, 5) is 2.09. The zero-order valence-electron chi connectivity index (χ0n) is 15.8. The monoisotopic (exact) mass is 422 g/mol. The van der Waals surface area contributed by atoms with Gasteiger partial charge in [0.15, 0.2) is 0 Å².